The second-order valence-corrected chi connectivity index (χ2v) is 9.90. The van der Waals surface area contributed by atoms with Crippen LogP contribution in [0.25, 0.3) is 10.9 Å². The van der Waals surface area contributed by atoms with Crippen molar-refractivity contribution < 1.29 is 9.47 Å². The molecule has 0 radical (unpaired) electrons. The molecule has 2 aromatic heterocycles. The Kier molecular flexibility index (Phi) is 8.21. The summed E-state index contributed by atoms with van der Waals surface area (Å²) in [4.78, 5) is 18.5. The number of rotatable bonds is 11. The molecule has 2 heterocycles. The van der Waals surface area contributed by atoms with E-state index in [4.69, 9.17) is 9.47 Å². The molecule has 0 fully saturated rings. The number of aromatic amines is 1. The van der Waals surface area contributed by atoms with Gasteiger partial charge in [-0.3, -0.25) is 9.69 Å². The van der Waals surface area contributed by atoms with Crippen molar-refractivity contribution >= 4 is 10.9 Å². The Morgan fingerprint density at radius 3 is 2.48 bits per heavy atom. The van der Waals surface area contributed by atoms with Gasteiger partial charge in [-0.05, 0) is 71.1 Å². The van der Waals surface area contributed by atoms with Gasteiger partial charge in [0.25, 0.3) is 5.56 Å². The minimum absolute atomic E-state index is 0.103. The molecule has 0 aliphatic carbocycles. The molecule has 0 saturated carbocycles. The Balaban J connectivity index is 1.53. The average Bonchev–Trinajstić information content (AvgIpc) is 3.42. The summed E-state index contributed by atoms with van der Waals surface area (Å²) in [6.45, 7) is 5.63. The van der Waals surface area contributed by atoms with Crippen LogP contribution in [-0.2, 0) is 19.6 Å². The van der Waals surface area contributed by atoms with Crippen LogP contribution in [0.15, 0.2) is 77.6 Å². The van der Waals surface area contributed by atoms with Crippen molar-refractivity contribution in [3.8, 4) is 11.5 Å². The number of hydrogen-bond acceptors (Lipinski definition) is 7. The molecule has 0 aliphatic heterocycles. The molecule has 9 nitrogen and oxygen atoms in total. The molecule has 0 amide bonds. The fourth-order valence-corrected chi connectivity index (χ4v) is 5.11. The van der Waals surface area contributed by atoms with Gasteiger partial charge in [-0.2, -0.15) is 0 Å². The third-order valence-corrected chi connectivity index (χ3v) is 7.19. The zero-order valence-electron chi connectivity index (χ0n) is 23.3. The Morgan fingerprint density at radius 2 is 1.73 bits per heavy atom. The summed E-state index contributed by atoms with van der Waals surface area (Å²) in [6.07, 6.45) is 0.739. The molecule has 40 heavy (non-hydrogen) atoms. The summed E-state index contributed by atoms with van der Waals surface area (Å²) in [7, 11) is 3.32. The smallest absolute Gasteiger partial charge is 0.252 e. The van der Waals surface area contributed by atoms with Crippen LogP contribution in [0, 0.1) is 6.92 Å². The van der Waals surface area contributed by atoms with Crippen LogP contribution in [0.2, 0.25) is 0 Å². The molecular weight excluding hydrogens is 504 g/mol. The number of aromatic nitrogens is 5. The summed E-state index contributed by atoms with van der Waals surface area (Å²) < 4.78 is 12.8. The Bertz CT molecular complexity index is 1640. The zero-order chi connectivity index (χ0) is 28.1. The Hall–Kier alpha value is -4.50. The highest BCUT2D eigenvalue weighted by atomic mass is 16.5. The first-order valence-electron chi connectivity index (χ1n) is 13.4. The standard InChI is InChI=1S/C31H34N6O3/c1-5-28(30-33-34-35-37(30)18-22-11-13-26(39-3)14-12-22)36(19-23-8-6-7-9-29(23)40-4)20-25-17-24-16-21(2)10-15-27(24)32-31(25)38/h6-17,28H,5,18-20H2,1-4H3,(H,32,38). The summed E-state index contributed by atoms with van der Waals surface area (Å²) in [5.74, 6) is 2.33. The number of ether oxygens (including phenoxy) is 2. The van der Waals surface area contributed by atoms with E-state index in [1.54, 1.807) is 14.2 Å². The largest absolute Gasteiger partial charge is 0.497 e. The number of nitrogens with zero attached hydrogens (tertiary/aromatic N) is 5. The van der Waals surface area contributed by atoms with Gasteiger partial charge in [0.2, 0.25) is 0 Å². The van der Waals surface area contributed by atoms with Crippen molar-refractivity contribution in [1.29, 1.82) is 0 Å². The topological polar surface area (TPSA) is 98.2 Å². The van der Waals surface area contributed by atoms with Crippen molar-refractivity contribution in [2.75, 3.05) is 14.2 Å². The first-order valence-corrected chi connectivity index (χ1v) is 13.4. The maximum atomic E-state index is 13.2. The Morgan fingerprint density at radius 1 is 0.950 bits per heavy atom. The second-order valence-electron chi connectivity index (χ2n) is 9.90. The first kappa shape index (κ1) is 27.1. The third-order valence-electron chi connectivity index (χ3n) is 7.19. The highest BCUT2D eigenvalue weighted by molar-refractivity contribution is 5.79. The predicted molar refractivity (Wildman–Crippen MR) is 154 cm³/mol. The number of hydrogen-bond donors (Lipinski definition) is 1. The molecule has 1 unspecified atom stereocenters. The molecule has 0 saturated heterocycles. The van der Waals surface area contributed by atoms with E-state index in [0.29, 0.717) is 25.2 Å². The fourth-order valence-electron chi connectivity index (χ4n) is 5.11. The first-order chi connectivity index (χ1) is 19.5. The van der Waals surface area contributed by atoms with Crippen molar-refractivity contribution in [2.24, 2.45) is 0 Å². The molecule has 5 aromatic rings. The third kappa shape index (κ3) is 5.89. The van der Waals surface area contributed by atoms with Gasteiger partial charge in [0.05, 0.1) is 26.8 Å². The second kappa shape index (κ2) is 12.1. The van der Waals surface area contributed by atoms with Gasteiger partial charge in [0, 0.05) is 29.7 Å². The van der Waals surface area contributed by atoms with Gasteiger partial charge in [-0.15, -0.1) is 5.10 Å². The lowest BCUT2D eigenvalue weighted by atomic mass is 10.1. The molecule has 206 valence electrons. The molecule has 1 N–H and O–H groups in total. The molecule has 5 rings (SSSR count). The van der Waals surface area contributed by atoms with Crippen molar-refractivity contribution in [3.63, 3.8) is 0 Å². The van der Waals surface area contributed by atoms with Crippen LogP contribution < -0.4 is 15.0 Å². The monoisotopic (exact) mass is 538 g/mol. The SMILES string of the molecule is CCC(c1nnnn1Cc1ccc(OC)cc1)N(Cc1ccccc1OC)Cc1cc2cc(C)ccc2[nH]c1=O. The minimum atomic E-state index is -0.161. The summed E-state index contributed by atoms with van der Waals surface area (Å²) in [6, 6.07) is 23.7. The van der Waals surface area contributed by atoms with E-state index in [0.717, 1.165) is 51.3 Å². The lowest BCUT2D eigenvalue weighted by molar-refractivity contribution is 0.159. The summed E-state index contributed by atoms with van der Waals surface area (Å²) in [5, 5.41) is 13.8. The van der Waals surface area contributed by atoms with E-state index in [9.17, 15) is 4.79 Å². The number of methoxy groups -OCH3 is 2. The number of aryl methyl sites for hydroxylation is 1. The Labute approximate surface area is 233 Å². The normalized spacial score (nSPS) is 12.1. The lowest BCUT2D eigenvalue weighted by Crippen LogP contribution is -2.32. The molecule has 0 spiro atoms. The van der Waals surface area contributed by atoms with Crippen molar-refractivity contribution in [2.45, 2.75) is 45.9 Å². The van der Waals surface area contributed by atoms with Crippen LogP contribution in [0.3, 0.4) is 0 Å². The number of para-hydroxylation sites is 1. The van der Waals surface area contributed by atoms with Crippen LogP contribution in [0.4, 0.5) is 0 Å². The minimum Gasteiger partial charge on any atom is -0.497 e. The number of pyridine rings is 1. The fraction of sp³-hybridized carbons (Fsp3) is 0.290. The predicted octanol–water partition coefficient (Wildman–Crippen LogP) is 5.04. The molecule has 0 aliphatic rings. The highest BCUT2D eigenvalue weighted by Gasteiger charge is 2.27. The quantitative estimate of drug-likeness (QED) is 0.252. The van der Waals surface area contributed by atoms with Gasteiger partial charge in [-0.25, -0.2) is 4.68 Å². The van der Waals surface area contributed by atoms with Crippen molar-refractivity contribution in [1.82, 2.24) is 30.1 Å². The molecule has 0 bridgehead atoms. The van der Waals surface area contributed by atoms with E-state index < -0.39 is 0 Å². The summed E-state index contributed by atoms with van der Waals surface area (Å²) in [5.41, 5.74) is 4.62. The molecule has 3 aromatic carbocycles. The maximum absolute atomic E-state index is 13.2. The van der Waals surface area contributed by atoms with Gasteiger partial charge in [0.15, 0.2) is 5.82 Å². The molecule has 1 atom stereocenters. The number of H-pyrrole nitrogens is 1. The van der Waals surface area contributed by atoms with E-state index >= 15 is 0 Å². The number of fused-ring (bicyclic) bond motifs is 1. The van der Waals surface area contributed by atoms with Crippen molar-refractivity contribution in [3.05, 3.63) is 111 Å². The van der Waals surface area contributed by atoms with Gasteiger partial charge >= 0.3 is 0 Å². The van der Waals surface area contributed by atoms with Crippen LogP contribution in [-0.4, -0.2) is 44.3 Å². The van der Waals surface area contributed by atoms with E-state index in [-0.39, 0.29) is 11.6 Å². The lowest BCUT2D eigenvalue weighted by Gasteiger charge is -2.30. The number of benzene rings is 3. The van der Waals surface area contributed by atoms with E-state index in [1.165, 1.54) is 0 Å². The van der Waals surface area contributed by atoms with Crippen LogP contribution in [0.1, 0.15) is 47.5 Å². The van der Waals surface area contributed by atoms with E-state index in [2.05, 4.69) is 38.4 Å². The van der Waals surface area contributed by atoms with Crippen LogP contribution >= 0.6 is 0 Å². The average molecular weight is 539 g/mol. The summed E-state index contributed by atoms with van der Waals surface area (Å²) >= 11 is 0. The van der Waals surface area contributed by atoms with Gasteiger partial charge in [-0.1, -0.05) is 48.9 Å². The molecule has 9 heteroatoms. The van der Waals surface area contributed by atoms with Gasteiger partial charge < -0.3 is 14.5 Å². The van der Waals surface area contributed by atoms with Gasteiger partial charge in [0.1, 0.15) is 11.5 Å². The van der Waals surface area contributed by atoms with Crippen LogP contribution in [0.5, 0.6) is 11.5 Å². The maximum Gasteiger partial charge on any atom is 0.252 e. The highest BCUT2D eigenvalue weighted by Crippen LogP contribution is 2.29. The zero-order valence-corrected chi connectivity index (χ0v) is 23.3. The number of tetrazole rings is 1. The van der Waals surface area contributed by atoms with E-state index in [1.807, 2.05) is 78.3 Å². The molecular formula is C31H34N6O3. The number of nitrogens with one attached hydrogen (secondary N) is 1.